The van der Waals surface area contributed by atoms with Gasteiger partial charge in [-0.2, -0.15) is 0 Å². The molecule has 2 N–H and O–H groups in total. The lowest BCUT2D eigenvalue weighted by Gasteiger charge is -2.07. The van der Waals surface area contributed by atoms with Crippen LogP contribution < -0.4 is 5.32 Å². The summed E-state index contributed by atoms with van der Waals surface area (Å²) in [5, 5.41) is 11.1. The van der Waals surface area contributed by atoms with Crippen molar-refractivity contribution in [2.24, 2.45) is 0 Å². The second-order valence-corrected chi connectivity index (χ2v) is 4.00. The Kier molecular flexibility index (Phi) is 3.69. The molecule has 0 aliphatic carbocycles. The van der Waals surface area contributed by atoms with Gasteiger partial charge in [0.1, 0.15) is 5.82 Å². The van der Waals surface area contributed by atoms with Crippen molar-refractivity contribution in [1.29, 1.82) is 0 Å². The first kappa shape index (κ1) is 13.6. The Bertz CT molecular complexity index is 688. The fraction of sp³-hybridized carbons (Fsp3) is 0.0769. The van der Waals surface area contributed by atoms with Gasteiger partial charge in [0.2, 0.25) is 0 Å². The molecule has 0 aliphatic heterocycles. The normalized spacial score (nSPS) is 10.1. The zero-order valence-corrected chi connectivity index (χ0v) is 10.4. The van der Waals surface area contributed by atoms with Gasteiger partial charge in [-0.1, -0.05) is 6.07 Å². The topological polar surface area (TPSA) is 92.2 Å². The van der Waals surface area contributed by atoms with Crippen molar-refractivity contribution >= 4 is 17.7 Å². The van der Waals surface area contributed by atoms with Gasteiger partial charge in [0.25, 0.3) is 5.91 Å². The van der Waals surface area contributed by atoms with E-state index in [-0.39, 0.29) is 11.4 Å². The Hall–Kier alpha value is -2.83. The first-order valence-corrected chi connectivity index (χ1v) is 5.61. The van der Waals surface area contributed by atoms with E-state index in [0.717, 1.165) is 0 Å². The number of nitrogens with one attached hydrogen (secondary N) is 1. The summed E-state index contributed by atoms with van der Waals surface area (Å²) in [6, 6.07) is 4.10. The SMILES string of the molecule is Cc1ccc(C(=O)Nc2nccnc2C(=O)O)c(F)c1. The molecule has 1 aromatic heterocycles. The number of aryl methyl sites for hydroxylation is 1. The second-order valence-electron chi connectivity index (χ2n) is 4.00. The van der Waals surface area contributed by atoms with Gasteiger partial charge < -0.3 is 10.4 Å². The number of anilines is 1. The molecule has 0 radical (unpaired) electrons. The number of carbonyl (C=O) groups is 2. The molecule has 2 aromatic rings. The maximum absolute atomic E-state index is 13.6. The molecule has 0 atom stereocenters. The Balaban J connectivity index is 2.30. The molecule has 0 saturated carbocycles. The fourth-order valence-corrected chi connectivity index (χ4v) is 1.57. The lowest BCUT2D eigenvalue weighted by molar-refractivity contribution is 0.0691. The number of carboxylic acids is 1. The molecule has 0 unspecified atom stereocenters. The molecule has 0 fully saturated rings. The summed E-state index contributed by atoms with van der Waals surface area (Å²) < 4.78 is 13.6. The van der Waals surface area contributed by atoms with Crippen LogP contribution in [-0.4, -0.2) is 27.0 Å². The van der Waals surface area contributed by atoms with Crippen LogP contribution in [-0.2, 0) is 0 Å². The molecule has 6 nitrogen and oxygen atoms in total. The summed E-state index contributed by atoms with van der Waals surface area (Å²) in [6.45, 7) is 1.69. The molecule has 0 bridgehead atoms. The minimum Gasteiger partial charge on any atom is -0.476 e. The van der Waals surface area contributed by atoms with E-state index in [2.05, 4.69) is 15.3 Å². The quantitative estimate of drug-likeness (QED) is 0.892. The summed E-state index contributed by atoms with van der Waals surface area (Å²) in [7, 11) is 0. The highest BCUT2D eigenvalue weighted by molar-refractivity contribution is 6.06. The van der Waals surface area contributed by atoms with E-state index in [1.54, 1.807) is 13.0 Å². The standard InChI is InChI=1S/C13H10FN3O3/c1-7-2-3-8(9(14)6-7)12(18)17-11-10(13(19)20)15-4-5-16-11/h2-6H,1H3,(H,19,20)(H,16,17,18). The number of aromatic nitrogens is 2. The number of aromatic carboxylic acids is 1. The zero-order valence-electron chi connectivity index (χ0n) is 10.4. The average molecular weight is 275 g/mol. The van der Waals surface area contributed by atoms with Crippen LogP contribution >= 0.6 is 0 Å². The molecular formula is C13H10FN3O3. The molecule has 1 heterocycles. The monoisotopic (exact) mass is 275 g/mol. The van der Waals surface area contributed by atoms with E-state index in [4.69, 9.17) is 5.11 Å². The van der Waals surface area contributed by atoms with Crippen molar-refractivity contribution in [3.8, 4) is 0 Å². The number of benzene rings is 1. The van der Waals surface area contributed by atoms with E-state index in [1.807, 2.05) is 0 Å². The third-order valence-corrected chi connectivity index (χ3v) is 2.50. The molecule has 1 amide bonds. The van der Waals surface area contributed by atoms with Gasteiger partial charge in [-0.25, -0.2) is 19.2 Å². The molecule has 2 rings (SSSR count). The summed E-state index contributed by atoms with van der Waals surface area (Å²) in [5.41, 5.74) is 0.0655. The molecule has 7 heteroatoms. The predicted octanol–water partition coefficient (Wildman–Crippen LogP) is 1.87. The highest BCUT2D eigenvalue weighted by Crippen LogP contribution is 2.14. The van der Waals surface area contributed by atoms with Crippen LogP contribution in [0.4, 0.5) is 10.2 Å². The van der Waals surface area contributed by atoms with Crippen LogP contribution in [0, 0.1) is 12.7 Å². The van der Waals surface area contributed by atoms with Crippen molar-refractivity contribution in [2.75, 3.05) is 5.32 Å². The van der Waals surface area contributed by atoms with Gasteiger partial charge >= 0.3 is 5.97 Å². The van der Waals surface area contributed by atoms with Gasteiger partial charge in [-0.05, 0) is 24.6 Å². The molecule has 0 aliphatic rings. The van der Waals surface area contributed by atoms with Crippen LogP contribution in [0.3, 0.4) is 0 Å². The van der Waals surface area contributed by atoms with E-state index < -0.39 is 23.4 Å². The van der Waals surface area contributed by atoms with Gasteiger partial charge in [-0.15, -0.1) is 0 Å². The van der Waals surface area contributed by atoms with Crippen molar-refractivity contribution < 1.29 is 19.1 Å². The number of hydrogen-bond donors (Lipinski definition) is 2. The van der Waals surface area contributed by atoms with Crippen molar-refractivity contribution in [3.63, 3.8) is 0 Å². The molecule has 102 valence electrons. The van der Waals surface area contributed by atoms with E-state index >= 15 is 0 Å². The first-order chi connectivity index (χ1) is 9.49. The molecule has 20 heavy (non-hydrogen) atoms. The lowest BCUT2D eigenvalue weighted by Crippen LogP contribution is -2.18. The highest BCUT2D eigenvalue weighted by Gasteiger charge is 2.17. The number of carboxylic acid groups (broad SMARTS) is 1. The molecule has 0 saturated heterocycles. The minimum absolute atomic E-state index is 0.197. The lowest BCUT2D eigenvalue weighted by atomic mass is 10.1. The van der Waals surface area contributed by atoms with Crippen molar-refractivity contribution in [1.82, 2.24) is 9.97 Å². The van der Waals surface area contributed by atoms with Crippen LogP contribution in [0.15, 0.2) is 30.6 Å². The van der Waals surface area contributed by atoms with Crippen LogP contribution in [0.1, 0.15) is 26.4 Å². The number of amides is 1. The van der Waals surface area contributed by atoms with Crippen molar-refractivity contribution in [3.05, 3.63) is 53.2 Å². The number of nitrogens with zero attached hydrogens (tertiary/aromatic N) is 2. The molecule has 0 spiro atoms. The molecule has 1 aromatic carbocycles. The Morgan fingerprint density at radius 2 is 1.95 bits per heavy atom. The van der Waals surface area contributed by atoms with Gasteiger partial charge in [0.15, 0.2) is 11.5 Å². The summed E-state index contributed by atoms with van der Waals surface area (Å²) in [6.07, 6.45) is 2.42. The van der Waals surface area contributed by atoms with E-state index in [9.17, 15) is 14.0 Å². The number of carbonyl (C=O) groups excluding carboxylic acids is 1. The van der Waals surface area contributed by atoms with Crippen LogP contribution in [0.25, 0.3) is 0 Å². The van der Waals surface area contributed by atoms with E-state index in [0.29, 0.717) is 5.56 Å². The average Bonchev–Trinajstić information content (AvgIpc) is 2.38. The van der Waals surface area contributed by atoms with Gasteiger partial charge in [-0.3, -0.25) is 4.79 Å². The van der Waals surface area contributed by atoms with Crippen molar-refractivity contribution in [2.45, 2.75) is 6.92 Å². The van der Waals surface area contributed by atoms with Gasteiger partial charge in [0, 0.05) is 12.4 Å². The number of halogens is 1. The maximum atomic E-state index is 13.6. The van der Waals surface area contributed by atoms with E-state index in [1.165, 1.54) is 24.5 Å². The number of hydrogen-bond acceptors (Lipinski definition) is 4. The largest absolute Gasteiger partial charge is 0.476 e. The summed E-state index contributed by atoms with van der Waals surface area (Å²) in [4.78, 5) is 30.1. The summed E-state index contributed by atoms with van der Waals surface area (Å²) >= 11 is 0. The minimum atomic E-state index is -1.34. The zero-order chi connectivity index (χ0) is 14.7. The van der Waals surface area contributed by atoms with Gasteiger partial charge in [0.05, 0.1) is 5.56 Å². The Labute approximate surface area is 113 Å². The van der Waals surface area contributed by atoms with Crippen LogP contribution in [0.2, 0.25) is 0 Å². The number of rotatable bonds is 3. The third-order valence-electron chi connectivity index (χ3n) is 2.50. The smallest absolute Gasteiger partial charge is 0.358 e. The predicted molar refractivity (Wildman–Crippen MR) is 68.1 cm³/mol. The van der Waals surface area contributed by atoms with Crippen LogP contribution in [0.5, 0.6) is 0 Å². The fourth-order valence-electron chi connectivity index (χ4n) is 1.57. The Morgan fingerprint density at radius 1 is 1.25 bits per heavy atom. The highest BCUT2D eigenvalue weighted by atomic mass is 19.1. The third kappa shape index (κ3) is 2.77. The summed E-state index contributed by atoms with van der Waals surface area (Å²) in [5.74, 6) is -3.04. The Morgan fingerprint density at radius 3 is 2.60 bits per heavy atom. The molecular weight excluding hydrogens is 265 g/mol. The maximum Gasteiger partial charge on any atom is 0.358 e. The first-order valence-electron chi connectivity index (χ1n) is 5.61. The second kappa shape index (κ2) is 5.43.